The number of thioether (sulfide) groups is 1. The van der Waals surface area contributed by atoms with Crippen LogP contribution in [0.1, 0.15) is 6.42 Å². The molecule has 1 rings (SSSR count). The van der Waals surface area contributed by atoms with Crippen molar-refractivity contribution in [3.63, 3.8) is 0 Å². The van der Waals surface area contributed by atoms with Crippen molar-refractivity contribution in [3.05, 3.63) is 0 Å². The van der Waals surface area contributed by atoms with Gasteiger partial charge in [0.05, 0.1) is 0 Å². The van der Waals surface area contributed by atoms with E-state index in [1.807, 2.05) is 6.26 Å². The maximum Gasteiger partial charge on any atom is 0.324 e. The zero-order chi connectivity index (χ0) is 8.97. The molecule has 0 atom stereocenters. The largest absolute Gasteiger partial charge is 0.337 e. The van der Waals surface area contributed by atoms with Crippen molar-refractivity contribution in [2.45, 2.75) is 6.42 Å². The zero-order valence-electron chi connectivity index (χ0n) is 7.00. The van der Waals surface area contributed by atoms with Gasteiger partial charge in [0.15, 0.2) is 0 Å². The number of amides is 3. The molecule has 0 aromatic rings. The van der Waals surface area contributed by atoms with Crippen LogP contribution in [0.3, 0.4) is 0 Å². The summed E-state index contributed by atoms with van der Waals surface area (Å²) in [7, 11) is 0. The van der Waals surface area contributed by atoms with Crippen molar-refractivity contribution in [2.75, 3.05) is 25.1 Å². The molecule has 0 aliphatic carbocycles. The smallest absolute Gasteiger partial charge is 0.324 e. The summed E-state index contributed by atoms with van der Waals surface area (Å²) in [5.74, 6) is 0.743. The van der Waals surface area contributed by atoms with Gasteiger partial charge in [-0.05, 0) is 6.26 Å². The molecule has 0 aromatic heterocycles. The Bertz CT molecular complexity index is 180. The Morgan fingerprint density at radius 1 is 1.58 bits per heavy atom. The molecular weight excluding hydrogens is 176 g/mol. The van der Waals surface area contributed by atoms with Gasteiger partial charge in [0.25, 0.3) is 0 Å². The molecule has 1 N–H and O–H groups in total. The van der Waals surface area contributed by atoms with Crippen LogP contribution in [0.2, 0.25) is 0 Å². The van der Waals surface area contributed by atoms with Crippen molar-refractivity contribution in [1.29, 1.82) is 0 Å². The highest BCUT2D eigenvalue weighted by molar-refractivity contribution is 7.98. The fraction of sp³-hybridized carbons (Fsp3) is 0.714. The molecule has 1 heterocycles. The van der Waals surface area contributed by atoms with Crippen molar-refractivity contribution >= 4 is 23.7 Å². The first-order chi connectivity index (χ1) is 5.75. The second-order valence-electron chi connectivity index (χ2n) is 2.52. The van der Waals surface area contributed by atoms with E-state index >= 15 is 0 Å². The molecule has 1 fully saturated rings. The van der Waals surface area contributed by atoms with Gasteiger partial charge < -0.3 is 5.32 Å². The molecule has 1 aliphatic rings. The minimum Gasteiger partial charge on any atom is -0.337 e. The van der Waals surface area contributed by atoms with Crippen molar-refractivity contribution < 1.29 is 9.59 Å². The van der Waals surface area contributed by atoms with E-state index in [1.54, 1.807) is 11.8 Å². The molecule has 4 nitrogen and oxygen atoms in total. The number of nitrogens with zero attached hydrogens (tertiary/aromatic N) is 1. The van der Waals surface area contributed by atoms with Crippen LogP contribution in [0.5, 0.6) is 0 Å². The lowest BCUT2D eigenvalue weighted by molar-refractivity contribution is -0.128. The topological polar surface area (TPSA) is 49.4 Å². The first kappa shape index (κ1) is 9.38. The van der Waals surface area contributed by atoms with E-state index in [-0.39, 0.29) is 11.9 Å². The van der Waals surface area contributed by atoms with Gasteiger partial charge in [-0.25, -0.2) is 4.79 Å². The molecule has 0 radical (unpaired) electrons. The quantitative estimate of drug-likeness (QED) is 0.692. The molecular formula is C7H12N2O2S. The van der Waals surface area contributed by atoms with Crippen LogP contribution >= 0.6 is 11.8 Å². The van der Waals surface area contributed by atoms with E-state index in [0.717, 1.165) is 5.75 Å². The number of rotatable bonds is 3. The fourth-order valence-corrected chi connectivity index (χ4v) is 1.39. The number of urea groups is 1. The van der Waals surface area contributed by atoms with E-state index in [2.05, 4.69) is 5.32 Å². The maximum atomic E-state index is 11.2. The van der Waals surface area contributed by atoms with E-state index in [4.69, 9.17) is 0 Å². The normalized spacial score (nSPS) is 17.9. The first-order valence-electron chi connectivity index (χ1n) is 3.83. The highest BCUT2D eigenvalue weighted by Gasteiger charge is 2.24. The lowest BCUT2D eigenvalue weighted by Gasteiger charge is -2.25. The van der Waals surface area contributed by atoms with Crippen molar-refractivity contribution in [1.82, 2.24) is 10.2 Å². The summed E-state index contributed by atoms with van der Waals surface area (Å²) in [5, 5.41) is 2.63. The molecule has 68 valence electrons. The molecule has 0 unspecified atom stereocenters. The summed E-state index contributed by atoms with van der Waals surface area (Å²) in [6, 6.07) is -0.250. The van der Waals surface area contributed by atoms with Crippen LogP contribution in [-0.2, 0) is 4.79 Å². The van der Waals surface area contributed by atoms with Crippen molar-refractivity contribution in [3.8, 4) is 0 Å². The van der Waals surface area contributed by atoms with Crippen LogP contribution in [0.15, 0.2) is 0 Å². The van der Waals surface area contributed by atoms with Crippen LogP contribution in [0.25, 0.3) is 0 Å². The Morgan fingerprint density at radius 2 is 2.33 bits per heavy atom. The molecule has 12 heavy (non-hydrogen) atoms. The van der Waals surface area contributed by atoms with E-state index < -0.39 is 0 Å². The standard InChI is InChI=1S/C7H12N2O2S/c1-12-5-4-9-6(10)2-3-8-7(9)11/h2-5H2,1H3,(H,8,11). The lowest BCUT2D eigenvalue weighted by atomic mass is 10.3. The summed E-state index contributed by atoms with van der Waals surface area (Å²) < 4.78 is 0. The molecule has 0 saturated carbocycles. The summed E-state index contributed by atoms with van der Waals surface area (Å²) in [4.78, 5) is 23.5. The fourth-order valence-electron chi connectivity index (χ4n) is 1.03. The highest BCUT2D eigenvalue weighted by Crippen LogP contribution is 2.03. The Hall–Kier alpha value is -0.710. The monoisotopic (exact) mass is 188 g/mol. The number of hydrogen-bond acceptors (Lipinski definition) is 3. The van der Waals surface area contributed by atoms with Gasteiger partial charge >= 0.3 is 6.03 Å². The lowest BCUT2D eigenvalue weighted by Crippen LogP contribution is -2.50. The third-order valence-corrected chi connectivity index (χ3v) is 2.27. The Morgan fingerprint density at radius 3 is 2.92 bits per heavy atom. The first-order valence-corrected chi connectivity index (χ1v) is 5.22. The Labute approximate surface area is 75.7 Å². The highest BCUT2D eigenvalue weighted by atomic mass is 32.2. The number of carbonyl (C=O) groups excluding carboxylic acids is 2. The minimum absolute atomic E-state index is 0.0622. The maximum absolute atomic E-state index is 11.2. The molecule has 1 aliphatic heterocycles. The number of hydrogen-bond donors (Lipinski definition) is 1. The summed E-state index contributed by atoms with van der Waals surface area (Å²) in [6.07, 6.45) is 2.38. The van der Waals surface area contributed by atoms with E-state index in [9.17, 15) is 9.59 Å². The third kappa shape index (κ3) is 2.14. The van der Waals surface area contributed by atoms with Gasteiger partial charge in [-0.2, -0.15) is 11.8 Å². The molecule has 0 bridgehead atoms. The van der Waals surface area contributed by atoms with Crippen molar-refractivity contribution in [2.24, 2.45) is 0 Å². The average molecular weight is 188 g/mol. The Kier molecular flexibility index (Phi) is 3.40. The molecule has 0 spiro atoms. The van der Waals surface area contributed by atoms with Gasteiger partial charge in [-0.1, -0.05) is 0 Å². The molecule has 0 aromatic carbocycles. The van der Waals surface area contributed by atoms with Gasteiger partial charge in [-0.15, -0.1) is 0 Å². The van der Waals surface area contributed by atoms with Crippen LogP contribution in [0.4, 0.5) is 4.79 Å². The summed E-state index contributed by atoms with van der Waals surface area (Å²) >= 11 is 1.63. The second-order valence-corrected chi connectivity index (χ2v) is 3.51. The van der Waals surface area contributed by atoms with Gasteiger partial charge in [-0.3, -0.25) is 9.69 Å². The summed E-state index contributed by atoms with van der Waals surface area (Å²) in [5.41, 5.74) is 0. The van der Waals surface area contributed by atoms with E-state index in [0.29, 0.717) is 19.5 Å². The Balaban J connectivity index is 2.45. The predicted molar refractivity (Wildman–Crippen MR) is 48.1 cm³/mol. The van der Waals surface area contributed by atoms with E-state index in [1.165, 1.54) is 4.90 Å². The average Bonchev–Trinajstić information content (AvgIpc) is 2.04. The number of nitrogens with one attached hydrogen (secondary N) is 1. The molecule has 3 amide bonds. The van der Waals surface area contributed by atoms with Crippen LogP contribution < -0.4 is 5.32 Å². The van der Waals surface area contributed by atoms with Gasteiger partial charge in [0.1, 0.15) is 0 Å². The third-order valence-electron chi connectivity index (χ3n) is 1.68. The SMILES string of the molecule is CSCCN1C(=O)CCNC1=O. The summed E-state index contributed by atoms with van der Waals surface area (Å²) in [6.45, 7) is 0.999. The molecule has 1 saturated heterocycles. The second kappa shape index (κ2) is 4.35. The number of imide groups is 1. The van der Waals surface area contributed by atoms with Crippen LogP contribution in [0, 0.1) is 0 Å². The molecule has 5 heteroatoms. The minimum atomic E-state index is -0.250. The van der Waals surface area contributed by atoms with Crippen LogP contribution in [-0.4, -0.2) is 41.9 Å². The van der Waals surface area contributed by atoms with Gasteiger partial charge in [0, 0.05) is 25.3 Å². The number of carbonyl (C=O) groups is 2. The zero-order valence-corrected chi connectivity index (χ0v) is 7.82. The van der Waals surface area contributed by atoms with Gasteiger partial charge in [0.2, 0.25) is 5.91 Å². The predicted octanol–water partition coefficient (Wildman–Crippen LogP) is 0.291.